The van der Waals surface area contributed by atoms with Crippen molar-refractivity contribution >= 4 is 35.3 Å². The Morgan fingerprint density at radius 3 is 2.23 bits per heavy atom. The van der Waals surface area contributed by atoms with Gasteiger partial charge in [0.25, 0.3) is 5.91 Å². The number of esters is 1. The summed E-state index contributed by atoms with van der Waals surface area (Å²) in [5.41, 5.74) is 0.660. The molecular formula is C26H31N3O6. The molecule has 0 unspecified atom stereocenters. The monoisotopic (exact) mass is 481 g/mol. The van der Waals surface area contributed by atoms with Crippen LogP contribution in [0.5, 0.6) is 0 Å². The Bertz CT molecular complexity index is 1060. The number of rotatable bonds is 6. The van der Waals surface area contributed by atoms with Crippen LogP contribution in [0, 0.1) is 5.92 Å². The average molecular weight is 482 g/mol. The smallest absolute Gasteiger partial charge is 0.412 e. The van der Waals surface area contributed by atoms with Crippen LogP contribution >= 0.6 is 0 Å². The predicted octanol–water partition coefficient (Wildman–Crippen LogP) is 4.07. The van der Waals surface area contributed by atoms with E-state index in [1.165, 1.54) is 12.1 Å². The molecule has 0 radical (unpaired) electrons. The molecule has 0 atom stereocenters. The van der Waals surface area contributed by atoms with Crippen molar-refractivity contribution in [1.82, 2.24) is 4.90 Å². The van der Waals surface area contributed by atoms with Crippen molar-refractivity contribution in [1.29, 1.82) is 0 Å². The van der Waals surface area contributed by atoms with Gasteiger partial charge in [0.05, 0.1) is 5.56 Å². The number of para-hydroxylation sites is 1. The standard InChI is InChI=1S/C26H31N3O6/c1-26(2,3)35-25(33)28-21-11-7-8-19(16-21)24(32)34-17-22(30)29-14-12-18(13-15-29)23(31)27-20-9-5-4-6-10-20/h4-11,16,18H,12-15,17H2,1-3H3,(H,27,31)(H,28,33). The van der Waals surface area contributed by atoms with E-state index in [4.69, 9.17) is 9.47 Å². The molecule has 1 fully saturated rings. The number of hydrogen-bond donors (Lipinski definition) is 2. The fraction of sp³-hybridized carbons (Fsp3) is 0.385. The van der Waals surface area contributed by atoms with Crippen LogP contribution in [-0.2, 0) is 19.1 Å². The van der Waals surface area contributed by atoms with Crippen molar-refractivity contribution in [3.63, 3.8) is 0 Å². The molecule has 0 aliphatic carbocycles. The summed E-state index contributed by atoms with van der Waals surface area (Å²) in [6.07, 6.45) is 0.437. The summed E-state index contributed by atoms with van der Waals surface area (Å²) in [6, 6.07) is 15.4. The Morgan fingerprint density at radius 1 is 0.914 bits per heavy atom. The van der Waals surface area contributed by atoms with Crippen molar-refractivity contribution in [2.45, 2.75) is 39.2 Å². The van der Waals surface area contributed by atoms with Crippen LogP contribution in [-0.4, -0.2) is 54.1 Å². The Labute approximate surface area is 204 Å². The van der Waals surface area contributed by atoms with E-state index in [1.54, 1.807) is 37.8 Å². The highest BCUT2D eigenvalue weighted by molar-refractivity contribution is 5.94. The van der Waals surface area contributed by atoms with E-state index >= 15 is 0 Å². The van der Waals surface area contributed by atoms with Gasteiger partial charge in [0.2, 0.25) is 5.91 Å². The maximum absolute atomic E-state index is 12.5. The number of nitrogens with one attached hydrogen (secondary N) is 2. The molecule has 0 bridgehead atoms. The topological polar surface area (TPSA) is 114 Å². The molecule has 0 saturated carbocycles. The number of nitrogens with zero attached hydrogens (tertiary/aromatic N) is 1. The maximum atomic E-state index is 12.5. The third kappa shape index (κ3) is 8.13. The van der Waals surface area contributed by atoms with Crippen molar-refractivity contribution in [3.8, 4) is 0 Å². The van der Waals surface area contributed by atoms with Crippen LogP contribution < -0.4 is 10.6 Å². The minimum atomic E-state index is -0.677. The summed E-state index contributed by atoms with van der Waals surface area (Å²) in [5, 5.41) is 5.46. The quantitative estimate of drug-likeness (QED) is 0.602. The van der Waals surface area contributed by atoms with Crippen molar-refractivity contribution in [3.05, 3.63) is 60.2 Å². The van der Waals surface area contributed by atoms with E-state index in [2.05, 4.69) is 10.6 Å². The Hall–Kier alpha value is -3.88. The molecule has 1 aliphatic rings. The first-order valence-electron chi connectivity index (χ1n) is 11.5. The summed E-state index contributed by atoms with van der Waals surface area (Å²) in [5.74, 6) is -1.23. The number of ether oxygens (including phenoxy) is 2. The molecule has 1 heterocycles. The zero-order valence-electron chi connectivity index (χ0n) is 20.2. The lowest BCUT2D eigenvalue weighted by Crippen LogP contribution is -2.43. The van der Waals surface area contributed by atoms with E-state index < -0.39 is 24.3 Å². The molecule has 186 valence electrons. The molecule has 2 aromatic carbocycles. The van der Waals surface area contributed by atoms with Crippen LogP contribution in [0.1, 0.15) is 44.0 Å². The highest BCUT2D eigenvalue weighted by atomic mass is 16.6. The first-order valence-corrected chi connectivity index (χ1v) is 11.5. The number of anilines is 2. The highest BCUT2D eigenvalue weighted by Gasteiger charge is 2.28. The van der Waals surface area contributed by atoms with E-state index in [0.717, 1.165) is 5.69 Å². The Balaban J connectivity index is 1.44. The van der Waals surface area contributed by atoms with Gasteiger partial charge in [0.15, 0.2) is 6.61 Å². The van der Waals surface area contributed by atoms with Gasteiger partial charge in [-0.2, -0.15) is 0 Å². The van der Waals surface area contributed by atoms with Gasteiger partial charge in [-0.3, -0.25) is 14.9 Å². The van der Waals surface area contributed by atoms with Crippen LogP contribution in [0.15, 0.2) is 54.6 Å². The number of carbonyl (C=O) groups excluding carboxylic acids is 4. The second-order valence-corrected chi connectivity index (χ2v) is 9.29. The molecule has 2 N–H and O–H groups in total. The molecule has 0 aromatic heterocycles. The molecular weight excluding hydrogens is 450 g/mol. The SMILES string of the molecule is CC(C)(C)OC(=O)Nc1cccc(C(=O)OCC(=O)N2CCC(C(=O)Nc3ccccc3)CC2)c1. The van der Waals surface area contributed by atoms with E-state index in [1.807, 2.05) is 30.3 Å². The molecule has 3 rings (SSSR count). The minimum absolute atomic E-state index is 0.0606. The average Bonchev–Trinajstić information content (AvgIpc) is 2.82. The number of piperidine rings is 1. The Morgan fingerprint density at radius 2 is 1.57 bits per heavy atom. The van der Waals surface area contributed by atoms with Gasteiger partial charge in [0.1, 0.15) is 5.60 Å². The Kier molecular flexibility index (Phi) is 8.46. The maximum Gasteiger partial charge on any atom is 0.412 e. The molecule has 1 aliphatic heterocycles. The molecule has 2 aromatic rings. The number of amides is 3. The third-order valence-electron chi connectivity index (χ3n) is 5.33. The van der Waals surface area contributed by atoms with Crippen molar-refractivity contribution < 1.29 is 28.7 Å². The number of likely N-dealkylation sites (tertiary alicyclic amines) is 1. The van der Waals surface area contributed by atoms with E-state index in [-0.39, 0.29) is 23.3 Å². The van der Waals surface area contributed by atoms with Crippen LogP contribution in [0.3, 0.4) is 0 Å². The molecule has 9 nitrogen and oxygen atoms in total. The van der Waals surface area contributed by atoms with Gasteiger partial charge in [0, 0.05) is 30.4 Å². The number of carbonyl (C=O) groups is 4. The lowest BCUT2D eigenvalue weighted by atomic mass is 9.95. The zero-order valence-corrected chi connectivity index (χ0v) is 20.2. The summed E-state index contributed by atoms with van der Waals surface area (Å²) in [4.78, 5) is 50.9. The number of hydrogen-bond acceptors (Lipinski definition) is 6. The summed E-state index contributed by atoms with van der Waals surface area (Å²) in [6.45, 7) is 5.68. The van der Waals surface area contributed by atoms with Gasteiger partial charge in [-0.25, -0.2) is 9.59 Å². The first-order chi connectivity index (χ1) is 16.6. The van der Waals surface area contributed by atoms with Gasteiger partial charge in [-0.05, 0) is 63.9 Å². The summed E-state index contributed by atoms with van der Waals surface area (Å²) in [7, 11) is 0. The van der Waals surface area contributed by atoms with E-state index in [0.29, 0.717) is 31.6 Å². The third-order valence-corrected chi connectivity index (χ3v) is 5.33. The van der Waals surface area contributed by atoms with Crippen molar-refractivity contribution in [2.24, 2.45) is 5.92 Å². The molecule has 9 heteroatoms. The largest absolute Gasteiger partial charge is 0.452 e. The lowest BCUT2D eigenvalue weighted by Gasteiger charge is -2.31. The molecule has 1 saturated heterocycles. The van der Waals surface area contributed by atoms with Gasteiger partial charge >= 0.3 is 12.1 Å². The molecule has 3 amide bonds. The predicted molar refractivity (Wildman–Crippen MR) is 131 cm³/mol. The molecule has 35 heavy (non-hydrogen) atoms. The minimum Gasteiger partial charge on any atom is -0.452 e. The van der Waals surface area contributed by atoms with Crippen LogP contribution in [0.25, 0.3) is 0 Å². The van der Waals surface area contributed by atoms with Gasteiger partial charge < -0.3 is 19.7 Å². The van der Waals surface area contributed by atoms with Crippen LogP contribution in [0.2, 0.25) is 0 Å². The fourth-order valence-corrected chi connectivity index (χ4v) is 3.60. The van der Waals surface area contributed by atoms with Crippen LogP contribution in [0.4, 0.5) is 16.2 Å². The number of benzene rings is 2. The second-order valence-electron chi connectivity index (χ2n) is 9.29. The summed E-state index contributed by atoms with van der Waals surface area (Å²) >= 11 is 0. The highest BCUT2D eigenvalue weighted by Crippen LogP contribution is 2.20. The first kappa shape index (κ1) is 25.7. The fourth-order valence-electron chi connectivity index (χ4n) is 3.60. The normalized spacial score (nSPS) is 14.1. The lowest BCUT2D eigenvalue weighted by molar-refractivity contribution is -0.137. The molecule has 0 spiro atoms. The van der Waals surface area contributed by atoms with Crippen molar-refractivity contribution in [2.75, 3.05) is 30.3 Å². The van der Waals surface area contributed by atoms with E-state index in [9.17, 15) is 19.2 Å². The van der Waals surface area contributed by atoms with Gasteiger partial charge in [-0.1, -0.05) is 24.3 Å². The van der Waals surface area contributed by atoms with Gasteiger partial charge in [-0.15, -0.1) is 0 Å². The zero-order chi connectivity index (χ0) is 25.4. The summed E-state index contributed by atoms with van der Waals surface area (Å²) < 4.78 is 10.4. The second kappa shape index (κ2) is 11.5.